The first-order valence-corrected chi connectivity index (χ1v) is 6.94. The first-order chi connectivity index (χ1) is 9.17. The Hall–Kier alpha value is -1.91. The number of nitrogens with two attached hydrogens (primary N) is 1. The zero-order valence-corrected chi connectivity index (χ0v) is 11.7. The van der Waals surface area contributed by atoms with Gasteiger partial charge in [0, 0.05) is 5.56 Å². The molecule has 4 heteroatoms. The first kappa shape index (κ1) is 12.1. The Labute approximate surface area is 116 Å². The average molecular weight is 269 g/mol. The summed E-state index contributed by atoms with van der Waals surface area (Å²) in [6.07, 6.45) is 0. The van der Waals surface area contributed by atoms with Crippen LogP contribution >= 0.6 is 11.3 Å². The number of nitrogens with zero attached hydrogens (tertiary/aromatic N) is 1. The molecule has 0 fully saturated rings. The summed E-state index contributed by atoms with van der Waals surface area (Å²) in [6.45, 7) is 4.07. The van der Waals surface area contributed by atoms with Crippen molar-refractivity contribution in [3.05, 3.63) is 47.7 Å². The van der Waals surface area contributed by atoms with Crippen LogP contribution in [0.5, 0.6) is 0 Å². The number of thiazole rings is 1. The molecule has 0 saturated carbocycles. The van der Waals surface area contributed by atoms with E-state index >= 15 is 0 Å². The lowest BCUT2D eigenvalue weighted by atomic mass is 10.1. The van der Waals surface area contributed by atoms with Crippen LogP contribution in [-0.2, 0) is 0 Å². The van der Waals surface area contributed by atoms with Crippen molar-refractivity contribution in [1.29, 1.82) is 0 Å². The lowest BCUT2D eigenvalue weighted by molar-refractivity contribution is 1.24. The number of anilines is 1. The van der Waals surface area contributed by atoms with E-state index in [0.717, 1.165) is 21.3 Å². The summed E-state index contributed by atoms with van der Waals surface area (Å²) < 4.78 is 0. The van der Waals surface area contributed by atoms with E-state index in [-0.39, 0.29) is 0 Å². The molecule has 0 aliphatic carbocycles. The predicted molar refractivity (Wildman–Crippen MR) is 82.3 cm³/mol. The third-order valence-electron chi connectivity index (χ3n) is 3.17. The molecule has 2 aromatic carbocycles. The maximum Gasteiger partial charge on any atom is 0.126 e. The molecule has 3 N–H and O–H groups in total. The molecule has 0 unspecified atom stereocenters. The SMILES string of the molecule is Cc1ccc2cc(-c3nc(C)c(NN)s3)ccc2c1. The van der Waals surface area contributed by atoms with Crippen LogP contribution in [0, 0.1) is 13.8 Å². The number of hydrazine groups is 1. The zero-order chi connectivity index (χ0) is 13.4. The molecule has 3 rings (SSSR count). The van der Waals surface area contributed by atoms with E-state index in [9.17, 15) is 0 Å². The van der Waals surface area contributed by atoms with Gasteiger partial charge in [-0.05, 0) is 30.7 Å². The summed E-state index contributed by atoms with van der Waals surface area (Å²) in [6, 6.07) is 12.9. The molecule has 19 heavy (non-hydrogen) atoms. The fraction of sp³-hybridized carbons (Fsp3) is 0.133. The number of hydrogen-bond donors (Lipinski definition) is 2. The standard InChI is InChI=1S/C15H15N3S/c1-9-3-4-12-8-13(6-5-11(12)7-9)15-17-10(2)14(18-16)19-15/h3-8,18H,16H2,1-2H3. The van der Waals surface area contributed by atoms with Gasteiger partial charge in [-0.1, -0.05) is 47.2 Å². The third-order valence-corrected chi connectivity index (χ3v) is 4.31. The van der Waals surface area contributed by atoms with Crippen molar-refractivity contribution in [1.82, 2.24) is 4.98 Å². The highest BCUT2D eigenvalue weighted by Crippen LogP contribution is 2.32. The second kappa shape index (κ2) is 4.64. The van der Waals surface area contributed by atoms with E-state index in [4.69, 9.17) is 5.84 Å². The molecule has 0 spiro atoms. The number of nitrogen functional groups attached to an aromatic ring is 1. The quantitative estimate of drug-likeness (QED) is 0.548. The molecule has 0 atom stereocenters. The Bertz CT molecular complexity index is 746. The van der Waals surface area contributed by atoms with Crippen molar-refractivity contribution in [2.45, 2.75) is 13.8 Å². The van der Waals surface area contributed by atoms with Gasteiger partial charge in [0.1, 0.15) is 10.0 Å². The number of hydrogen-bond acceptors (Lipinski definition) is 4. The summed E-state index contributed by atoms with van der Waals surface area (Å²) in [5, 5.41) is 4.40. The summed E-state index contributed by atoms with van der Waals surface area (Å²) >= 11 is 1.58. The number of rotatable bonds is 2. The average Bonchev–Trinajstić information content (AvgIpc) is 2.79. The number of aromatic nitrogens is 1. The van der Waals surface area contributed by atoms with Crippen LogP contribution in [0.2, 0.25) is 0 Å². The van der Waals surface area contributed by atoms with Crippen molar-refractivity contribution in [3.63, 3.8) is 0 Å². The van der Waals surface area contributed by atoms with Gasteiger partial charge in [0.2, 0.25) is 0 Å². The Balaban J connectivity index is 2.11. The minimum Gasteiger partial charge on any atom is -0.314 e. The maximum absolute atomic E-state index is 5.47. The molecule has 3 aromatic rings. The highest BCUT2D eigenvalue weighted by molar-refractivity contribution is 7.19. The van der Waals surface area contributed by atoms with Crippen LogP contribution in [0.4, 0.5) is 5.00 Å². The molecule has 1 aromatic heterocycles. The van der Waals surface area contributed by atoms with Crippen molar-refractivity contribution >= 4 is 27.1 Å². The molecule has 0 aliphatic rings. The van der Waals surface area contributed by atoms with E-state index in [0.29, 0.717) is 0 Å². The van der Waals surface area contributed by atoms with Gasteiger partial charge in [0.15, 0.2) is 0 Å². The van der Waals surface area contributed by atoms with Crippen LogP contribution in [-0.4, -0.2) is 4.98 Å². The molecule has 96 valence electrons. The smallest absolute Gasteiger partial charge is 0.126 e. The molecule has 0 saturated heterocycles. The number of aryl methyl sites for hydroxylation is 2. The predicted octanol–water partition coefficient (Wildman–Crippen LogP) is 3.87. The number of nitrogens with one attached hydrogen (secondary N) is 1. The van der Waals surface area contributed by atoms with Crippen LogP contribution in [0.25, 0.3) is 21.3 Å². The van der Waals surface area contributed by atoms with Gasteiger partial charge in [0.25, 0.3) is 0 Å². The van der Waals surface area contributed by atoms with Gasteiger partial charge in [0.05, 0.1) is 5.69 Å². The largest absolute Gasteiger partial charge is 0.314 e. The van der Waals surface area contributed by atoms with Crippen molar-refractivity contribution in [3.8, 4) is 10.6 Å². The third kappa shape index (κ3) is 2.20. The van der Waals surface area contributed by atoms with E-state index in [2.05, 4.69) is 53.7 Å². The van der Waals surface area contributed by atoms with Crippen LogP contribution in [0.1, 0.15) is 11.3 Å². The van der Waals surface area contributed by atoms with Gasteiger partial charge < -0.3 is 5.43 Å². The Morgan fingerprint density at radius 2 is 1.79 bits per heavy atom. The van der Waals surface area contributed by atoms with E-state index in [1.54, 1.807) is 11.3 Å². The second-order valence-electron chi connectivity index (χ2n) is 4.64. The molecule has 0 aliphatic heterocycles. The van der Waals surface area contributed by atoms with Gasteiger partial charge in [-0.15, -0.1) is 0 Å². The summed E-state index contributed by atoms with van der Waals surface area (Å²) in [5.41, 5.74) is 6.03. The molecule has 0 radical (unpaired) electrons. The van der Waals surface area contributed by atoms with E-state index in [1.165, 1.54) is 16.3 Å². The summed E-state index contributed by atoms with van der Waals surface area (Å²) in [5.74, 6) is 5.47. The maximum atomic E-state index is 5.47. The molecule has 0 amide bonds. The molecule has 1 heterocycles. The van der Waals surface area contributed by atoms with E-state index in [1.807, 2.05) is 6.92 Å². The summed E-state index contributed by atoms with van der Waals surface area (Å²) in [4.78, 5) is 4.55. The van der Waals surface area contributed by atoms with Gasteiger partial charge in [-0.25, -0.2) is 10.8 Å². The first-order valence-electron chi connectivity index (χ1n) is 6.12. The zero-order valence-electron chi connectivity index (χ0n) is 10.9. The lowest BCUT2D eigenvalue weighted by Gasteiger charge is -2.02. The Kier molecular flexibility index (Phi) is 2.97. The highest BCUT2D eigenvalue weighted by atomic mass is 32.1. The van der Waals surface area contributed by atoms with Crippen molar-refractivity contribution in [2.24, 2.45) is 5.84 Å². The topological polar surface area (TPSA) is 50.9 Å². The van der Waals surface area contributed by atoms with Crippen molar-refractivity contribution in [2.75, 3.05) is 5.43 Å². The van der Waals surface area contributed by atoms with Crippen molar-refractivity contribution < 1.29 is 0 Å². The van der Waals surface area contributed by atoms with Crippen LogP contribution in [0.15, 0.2) is 36.4 Å². The normalized spacial score (nSPS) is 10.9. The van der Waals surface area contributed by atoms with Gasteiger partial charge in [-0.3, -0.25) is 0 Å². The monoisotopic (exact) mass is 269 g/mol. The molecule has 0 bridgehead atoms. The minimum atomic E-state index is 0.916. The fourth-order valence-corrected chi connectivity index (χ4v) is 3.03. The molecule has 3 nitrogen and oxygen atoms in total. The second-order valence-corrected chi connectivity index (χ2v) is 5.64. The van der Waals surface area contributed by atoms with Crippen LogP contribution in [0.3, 0.4) is 0 Å². The van der Waals surface area contributed by atoms with Gasteiger partial charge >= 0.3 is 0 Å². The summed E-state index contributed by atoms with van der Waals surface area (Å²) in [7, 11) is 0. The highest BCUT2D eigenvalue weighted by Gasteiger charge is 2.08. The van der Waals surface area contributed by atoms with Crippen LogP contribution < -0.4 is 11.3 Å². The molecular formula is C15H15N3S. The Morgan fingerprint density at radius 1 is 1.05 bits per heavy atom. The number of fused-ring (bicyclic) bond motifs is 1. The van der Waals surface area contributed by atoms with Gasteiger partial charge in [-0.2, -0.15) is 0 Å². The lowest BCUT2D eigenvalue weighted by Crippen LogP contribution is -2.05. The fourth-order valence-electron chi connectivity index (χ4n) is 2.15. The minimum absolute atomic E-state index is 0.916. The van der Waals surface area contributed by atoms with E-state index < -0.39 is 0 Å². The Morgan fingerprint density at radius 3 is 2.53 bits per heavy atom. The number of benzene rings is 2. The molecular weight excluding hydrogens is 254 g/mol.